The molecule has 0 amide bonds. The van der Waals surface area contributed by atoms with Crippen LogP contribution in [0.3, 0.4) is 0 Å². The summed E-state index contributed by atoms with van der Waals surface area (Å²) >= 11 is 0. The van der Waals surface area contributed by atoms with Crippen LogP contribution in [0.2, 0.25) is 0 Å². The zero-order chi connectivity index (χ0) is 26.2. The maximum atomic E-state index is 6.36. The summed E-state index contributed by atoms with van der Waals surface area (Å²) in [6, 6.07) is 47.3. The van der Waals surface area contributed by atoms with Crippen molar-refractivity contribution in [3.63, 3.8) is 0 Å². The molecule has 8 aromatic rings. The van der Waals surface area contributed by atoms with Crippen LogP contribution in [0.1, 0.15) is 0 Å². The summed E-state index contributed by atoms with van der Waals surface area (Å²) in [6.07, 6.45) is 0. The quantitative estimate of drug-likeness (QED) is 0.231. The van der Waals surface area contributed by atoms with Gasteiger partial charge in [-0.25, -0.2) is 0 Å². The Morgan fingerprint density at radius 2 is 1.10 bits per heavy atom. The van der Waals surface area contributed by atoms with Crippen LogP contribution in [0.25, 0.3) is 76.9 Å². The number of para-hydroxylation sites is 1. The summed E-state index contributed by atoms with van der Waals surface area (Å²) in [5, 5.41) is 7.06. The maximum absolute atomic E-state index is 6.36. The minimum atomic E-state index is 0.902. The van der Waals surface area contributed by atoms with Crippen LogP contribution >= 0.6 is 0 Å². The highest BCUT2D eigenvalue weighted by Crippen LogP contribution is 2.48. The Balaban J connectivity index is 1.26. The number of hydrogen-bond acceptors (Lipinski definition) is 2. The van der Waals surface area contributed by atoms with E-state index in [0.717, 1.165) is 39.0 Å². The normalized spacial score (nSPS) is 12.2. The van der Waals surface area contributed by atoms with Gasteiger partial charge in [0.15, 0.2) is 0 Å². The first-order chi connectivity index (χ1) is 19.8. The van der Waals surface area contributed by atoms with Crippen molar-refractivity contribution in [1.29, 1.82) is 0 Å². The van der Waals surface area contributed by atoms with Crippen molar-refractivity contribution in [3.05, 3.63) is 133 Å². The van der Waals surface area contributed by atoms with Crippen molar-refractivity contribution >= 4 is 43.5 Å². The van der Waals surface area contributed by atoms with Crippen LogP contribution in [-0.2, 0) is 0 Å². The van der Waals surface area contributed by atoms with Gasteiger partial charge in [0, 0.05) is 21.7 Å². The molecule has 0 spiro atoms. The second-order valence-corrected chi connectivity index (χ2v) is 10.5. The molecule has 2 heterocycles. The van der Waals surface area contributed by atoms with E-state index in [-0.39, 0.29) is 0 Å². The summed E-state index contributed by atoms with van der Waals surface area (Å²) in [5.41, 5.74) is 8.89. The Kier molecular flexibility index (Phi) is 4.36. The Labute approximate surface area is 230 Å². The molecule has 2 heteroatoms. The number of benzene rings is 7. The van der Waals surface area contributed by atoms with Crippen molar-refractivity contribution in [2.75, 3.05) is 0 Å². The lowest BCUT2D eigenvalue weighted by atomic mass is 9.89. The number of furan rings is 1. The Hall–Kier alpha value is -5.34. The zero-order valence-corrected chi connectivity index (χ0v) is 21.5. The number of rotatable bonds is 2. The van der Waals surface area contributed by atoms with Crippen molar-refractivity contribution in [3.8, 4) is 44.9 Å². The second kappa shape index (κ2) is 8.08. The fraction of sp³-hybridized carbons (Fsp3) is 0. The third-order valence-electron chi connectivity index (χ3n) is 8.21. The van der Waals surface area contributed by atoms with Gasteiger partial charge in [0.2, 0.25) is 0 Å². The first kappa shape index (κ1) is 21.6. The highest BCUT2D eigenvalue weighted by Gasteiger charge is 2.21. The first-order valence-electron chi connectivity index (χ1n) is 13.6. The molecule has 1 aliphatic heterocycles. The van der Waals surface area contributed by atoms with Gasteiger partial charge in [-0.1, -0.05) is 84.9 Å². The lowest BCUT2D eigenvalue weighted by molar-refractivity contribution is 0.487. The molecule has 0 bridgehead atoms. The Bertz CT molecular complexity index is 2300. The monoisotopic (exact) mass is 510 g/mol. The third-order valence-corrected chi connectivity index (χ3v) is 8.21. The highest BCUT2D eigenvalue weighted by molar-refractivity contribution is 6.15. The van der Waals surface area contributed by atoms with Crippen LogP contribution in [-0.4, -0.2) is 0 Å². The summed E-state index contributed by atoms with van der Waals surface area (Å²) in [6.45, 7) is 0. The molecule has 0 fully saturated rings. The van der Waals surface area contributed by atoms with Gasteiger partial charge in [-0.05, 0) is 92.5 Å². The van der Waals surface area contributed by atoms with Crippen molar-refractivity contribution in [2.45, 2.75) is 0 Å². The van der Waals surface area contributed by atoms with Crippen molar-refractivity contribution in [1.82, 2.24) is 0 Å². The van der Waals surface area contributed by atoms with Crippen LogP contribution in [0.15, 0.2) is 138 Å². The standard InChI is InChI=1S/C38H22O2/c1-2-9-25-22-36-32(20-24(25)8-1)38-29(14-7-17-35(38)40-36)26-11-5-10-23(18-26)28-19-27-12-6-16-34-37(27)31(21-28)30-13-3-4-15-33(30)39-34/h1-22H. The SMILES string of the molecule is c1cc(-c2cc3c4c(cccc4c2)Oc2ccccc2-3)cc(-c2cccc3oc4cc5ccccc5cc4c23)c1. The molecule has 9 rings (SSSR count). The lowest BCUT2D eigenvalue weighted by Crippen LogP contribution is -1.97. The molecule has 40 heavy (non-hydrogen) atoms. The van der Waals surface area contributed by atoms with Crippen LogP contribution in [0, 0.1) is 0 Å². The topological polar surface area (TPSA) is 22.4 Å². The minimum absolute atomic E-state index is 0.902. The molecular formula is C38H22O2. The smallest absolute Gasteiger partial charge is 0.136 e. The molecule has 0 saturated heterocycles. The van der Waals surface area contributed by atoms with Crippen LogP contribution in [0.4, 0.5) is 0 Å². The number of fused-ring (bicyclic) bond motifs is 6. The molecule has 186 valence electrons. The first-order valence-corrected chi connectivity index (χ1v) is 13.6. The van der Waals surface area contributed by atoms with Crippen LogP contribution < -0.4 is 4.74 Å². The molecule has 0 aliphatic carbocycles. The van der Waals surface area contributed by atoms with E-state index in [1.807, 2.05) is 12.1 Å². The van der Waals surface area contributed by atoms with Crippen LogP contribution in [0.5, 0.6) is 11.5 Å². The fourth-order valence-corrected chi connectivity index (χ4v) is 6.37. The third kappa shape index (κ3) is 3.11. The summed E-state index contributed by atoms with van der Waals surface area (Å²) in [5.74, 6) is 1.82. The van der Waals surface area contributed by atoms with Gasteiger partial charge >= 0.3 is 0 Å². The fourth-order valence-electron chi connectivity index (χ4n) is 6.37. The lowest BCUT2D eigenvalue weighted by Gasteiger charge is -2.22. The van der Waals surface area contributed by atoms with Gasteiger partial charge in [-0.15, -0.1) is 0 Å². The van der Waals surface area contributed by atoms with E-state index in [1.165, 1.54) is 49.4 Å². The number of hydrogen-bond donors (Lipinski definition) is 0. The largest absolute Gasteiger partial charge is 0.456 e. The second-order valence-electron chi connectivity index (χ2n) is 10.5. The molecule has 2 nitrogen and oxygen atoms in total. The van der Waals surface area contributed by atoms with Gasteiger partial charge in [0.05, 0.1) is 0 Å². The van der Waals surface area contributed by atoms with Crippen molar-refractivity contribution in [2.24, 2.45) is 0 Å². The van der Waals surface area contributed by atoms with Gasteiger partial charge in [0.25, 0.3) is 0 Å². The average molecular weight is 511 g/mol. The van der Waals surface area contributed by atoms with Gasteiger partial charge in [0.1, 0.15) is 22.7 Å². The van der Waals surface area contributed by atoms with E-state index in [0.29, 0.717) is 0 Å². The average Bonchev–Trinajstić information content (AvgIpc) is 3.37. The van der Waals surface area contributed by atoms with E-state index < -0.39 is 0 Å². The van der Waals surface area contributed by atoms with Crippen molar-refractivity contribution < 1.29 is 9.15 Å². The molecule has 0 atom stereocenters. The summed E-state index contributed by atoms with van der Waals surface area (Å²) < 4.78 is 12.6. The zero-order valence-electron chi connectivity index (χ0n) is 21.5. The number of ether oxygens (including phenoxy) is 1. The van der Waals surface area contributed by atoms with E-state index in [2.05, 4.69) is 121 Å². The van der Waals surface area contributed by atoms with E-state index in [1.54, 1.807) is 0 Å². The molecule has 1 aromatic heterocycles. The van der Waals surface area contributed by atoms with Gasteiger partial charge < -0.3 is 9.15 Å². The molecule has 0 radical (unpaired) electrons. The van der Waals surface area contributed by atoms with Gasteiger partial charge in [-0.3, -0.25) is 0 Å². The molecule has 0 unspecified atom stereocenters. The minimum Gasteiger partial charge on any atom is -0.456 e. The molecule has 1 aliphatic rings. The Morgan fingerprint density at radius 1 is 0.375 bits per heavy atom. The Morgan fingerprint density at radius 3 is 2.05 bits per heavy atom. The highest BCUT2D eigenvalue weighted by atomic mass is 16.5. The molecule has 0 N–H and O–H groups in total. The molecule has 7 aromatic carbocycles. The summed E-state index contributed by atoms with van der Waals surface area (Å²) in [4.78, 5) is 0. The predicted octanol–water partition coefficient (Wildman–Crippen LogP) is 11.0. The molecular weight excluding hydrogens is 488 g/mol. The van der Waals surface area contributed by atoms with E-state index in [9.17, 15) is 0 Å². The van der Waals surface area contributed by atoms with Gasteiger partial charge in [-0.2, -0.15) is 0 Å². The predicted molar refractivity (Wildman–Crippen MR) is 165 cm³/mol. The maximum Gasteiger partial charge on any atom is 0.136 e. The van der Waals surface area contributed by atoms with E-state index in [4.69, 9.17) is 9.15 Å². The summed E-state index contributed by atoms with van der Waals surface area (Å²) in [7, 11) is 0. The molecule has 0 saturated carbocycles. The van der Waals surface area contributed by atoms with E-state index >= 15 is 0 Å².